The molecule has 4 aliphatic carbocycles. The fraction of sp³-hybridized carbons (Fsp3) is 0.958. The Bertz CT molecular complexity index is 640. The summed E-state index contributed by atoms with van der Waals surface area (Å²) in [7, 11) is 0. The molecular formula is C24H39FO4. The Hall–Kier alpha value is -0.680. The van der Waals surface area contributed by atoms with Crippen molar-refractivity contribution in [2.45, 2.75) is 96.9 Å². The number of carboxylic acid groups (broad SMARTS) is 1. The van der Waals surface area contributed by atoms with Crippen LogP contribution in [0, 0.1) is 46.3 Å². The zero-order chi connectivity index (χ0) is 21.1. The number of aliphatic hydroxyl groups is 2. The molecule has 29 heavy (non-hydrogen) atoms. The van der Waals surface area contributed by atoms with Gasteiger partial charge in [-0.05, 0) is 97.7 Å². The standard InChI is InChI=1S/C24H39FO4/c1-13(4-7-19(27)28)15-5-6-16-20-17(9-11-23(15,16)2)24(3)10-8-14(26)12-18(24)22(29)21(20)25/h13-18,20-22,26,29H,4-12H2,1-3H3,(H,27,28)/t13-,14-,15-,16+,17+,18+,20+,21+,22-,23-,24-/m1/s1. The molecule has 4 nitrogen and oxygen atoms in total. The highest BCUT2D eigenvalue weighted by Gasteiger charge is 2.65. The van der Waals surface area contributed by atoms with Crippen molar-refractivity contribution in [1.82, 2.24) is 0 Å². The predicted octanol–water partition coefficient (Wildman–Crippen LogP) is 4.43. The first-order chi connectivity index (χ1) is 13.6. The second-order valence-corrected chi connectivity index (χ2v) is 11.4. The van der Waals surface area contributed by atoms with Gasteiger partial charge in [0, 0.05) is 6.42 Å². The lowest BCUT2D eigenvalue weighted by atomic mass is 9.43. The van der Waals surface area contributed by atoms with Gasteiger partial charge in [-0.1, -0.05) is 20.8 Å². The lowest BCUT2D eigenvalue weighted by Crippen LogP contribution is -2.63. The smallest absolute Gasteiger partial charge is 0.303 e. The van der Waals surface area contributed by atoms with Crippen molar-refractivity contribution < 1.29 is 24.5 Å². The van der Waals surface area contributed by atoms with E-state index >= 15 is 4.39 Å². The summed E-state index contributed by atoms with van der Waals surface area (Å²) >= 11 is 0. The van der Waals surface area contributed by atoms with Gasteiger partial charge in [-0.15, -0.1) is 0 Å². The molecule has 3 N–H and O–H groups in total. The predicted molar refractivity (Wildman–Crippen MR) is 109 cm³/mol. The second kappa shape index (κ2) is 7.47. The van der Waals surface area contributed by atoms with E-state index < -0.39 is 24.3 Å². The maximum absolute atomic E-state index is 15.8. The van der Waals surface area contributed by atoms with Crippen LogP contribution in [-0.4, -0.2) is 39.7 Å². The quantitative estimate of drug-likeness (QED) is 0.641. The maximum atomic E-state index is 15.8. The zero-order valence-corrected chi connectivity index (χ0v) is 18.2. The maximum Gasteiger partial charge on any atom is 0.303 e. The van der Waals surface area contributed by atoms with E-state index in [9.17, 15) is 15.0 Å². The minimum atomic E-state index is -1.21. The molecule has 0 aromatic heterocycles. The Morgan fingerprint density at radius 3 is 2.38 bits per heavy atom. The normalized spacial score (nSPS) is 52.9. The molecule has 0 amide bonds. The van der Waals surface area contributed by atoms with E-state index in [-0.39, 0.29) is 40.9 Å². The third kappa shape index (κ3) is 3.26. The summed E-state index contributed by atoms with van der Waals surface area (Å²) in [6, 6.07) is 0. The van der Waals surface area contributed by atoms with Crippen LogP contribution in [0.15, 0.2) is 0 Å². The molecule has 4 rings (SSSR count). The van der Waals surface area contributed by atoms with E-state index in [2.05, 4.69) is 20.8 Å². The first-order valence-corrected chi connectivity index (χ1v) is 11.8. The van der Waals surface area contributed by atoms with Gasteiger partial charge in [0.15, 0.2) is 0 Å². The molecule has 4 fully saturated rings. The largest absolute Gasteiger partial charge is 0.481 e. The van der Waals surface area contributed by atoms with Gasteiger partial charge in [0.25, 0.3) is 0 Å². The monoisotopic (exact) mass is 410 g/mol. The number of alkyl halides is 1. The van der Waals surface area contributed by atoms with Gasteiger partial charge >= 0.3 is 5.97 Å². The molecule has 11 atom stereocenters. The Labute approximate surface area is 174 Å². The van der Waals surface area contributed by atoms with Crippen molar-refractivity contribution in [2.24, 2.45) is 46.3 Å². The molecule has 0 spiro atoms. The molecule has 0 unspecified atom stereocenters. The molecule has 0 radical (unpaired) electrons. The Balaban J connectivity index is 1.59. The zero-order valence-electron chi connectivity index (χ0n) is 18.2. The van der Waals surface area contributed by atoms with Crippen molar-refractivity contribution in [3.63, 3.8) is 0 Å². The second-order valence-electron chi connectivity index (χ2n) is 11.4. The number of hydrogen-bond donors (Lipinski definition) is 3. The number of aliphatic carboxylic acids is 1. The fourth-order valence-corrected chi connectivity index (χ4v) is 8.72. The topological polar surface area (TPSA) is 77.8 Å². The summed E-state index contributed by atoms with van der Waals surface area (Å²) in [5, 5.41) is 30.2. The third-order valence-electron chi connectivity index (χ3n) is 10.2. The van der Waals surface area contributed by atoms with Crippen molar-refractivity contribution >= 4 is 5.97 Å². The highest BCUT2D eigenvalue weighted by molar-refractivity contribution is 5.66. The van der Waals surface area contributed by atoms with Crippen LogP contribution in [-0.2, 0) is 4.79 Å². The average Bonchev–Trinajstić information content (AvgIpc) is 3.02. The molecule has 0 aromatic rings. The van der Waals surface area contributed by atoms with Crippen LogP contribution < -0.4 is 0 Å². The average molecular weight is 411 g/mol. The van der Waals surface area contributed by atoms with Crippen LogP contribution in [0.1, 0.15) is 78.6 Å². The number of aliphatic hydroxyl groups excluding tert-OH is 2. The van der Waals surface area contributed by atoms with Crippen LogP contribution in [0.25, 0.3) is 0 Å². The van der Waals surface area contributed by atoms with Crippen LogP contribution >= 0.6 is 0 Å². The number of fused-ring (bicyclic) bond motifs is 5. The van der Waals surface area contributed by atoms with Gasteiger partial charge in [0.2, 0.25) is 0 Å². The Morgan fingerprint density at radius 1 is 1.03 bits per heavy atom. The highest BCUT2D eigenvalue weighted by atomic mass is 19.1. The van der Waals surface area contributed by atoms with Crippen LogP contribution in [0.4, 0.5) is 4.39 Å². The summed E-state index contributed by atoms with van der Waals surface area (Å²) in [6.45, 7) is 6.75. The van der Waals surface area contributed by atoms with Gasteiger partial charge < -0.3 is 15.3 Å². The minimum Gasteiger partial charge on any atom is -0.481 e. The molecule has 0 saturated heterocycles. The van der Waals surface area contributed by atoms with E-state index in [0.29, 0.717) is 24.7 Å². The lowest BCUT2D eigenvalue weighted by molar-refractivity contribution is -0.205. The molecule has 0 bridgehead atoms. The molecule has 0 heterocycles. The van der Waals surface area contributed by atoms with Crippen molar-refractivity contribution in [1.29, 1.82) is 0 Å². The van der Waals surface area contributed by atoms with E-state index in [0.717, 1.165) is 38.5 Å². The fourth-order valence-electron chi connectivity index (χ4n) is 8.72. The molecule has 4 saturated carbocycles. The Morgan fingerprint density at radius 2 is 1.69 bits per heavy atom. The van der Waals surface area contributed by atoms with Gasteiger partial charge in [0.1, 0.15) is 6.17 Å². The highest BCUT2D eigenvalue weighted by Crippen LogP contribution is 2.68. The number of carbonyl (C=O) groups is 1. The molecule has 166 valence electrons. The molecule has 4 aliphatic rings. The van der Waals surface area contributed by atoms with Gasteiger partial charge in [-0.25, -0.2) is 4.39 Å². The third-order valence-corrected chi connectivity index (χ3v) is 10.2. The van der Waals surface area contributed by atoms with Crippen LogP contribution in [0.2, 0.25) is 0 Å². The summed E-state index contributed by atoms with van der Waals surface area (Å²) in [4.78, 5) is 11.0. The van der Waals surface area contributed by atoms with Gasteiger partial charge in [-0.2, -0.15) is 0 Å². The lowest BCUT2D eigenvalue weighted by Gasteiger charge is -2.63. The van der Waals surface area contributed by atoms with E-state index in [1.165, 1.54) is 0 Å². The van der Waals surface area contributed by atoms with Gasteiger partial charge in [0.05, 0.1) is 12.2 Å². The summed E-state index contributed by atoms with van der Waals surface area (Å²) < 4.78 is 15.8. The van der Waals surface area contributed by atoms with Gasteiger partial charge in [-0.3, -0.25) is 4.79 Å². The van der Waals surface area contributed by atoms with E-state index in [1.54, 1.807) is 0 Å². The number of halogens is 1. The molecule has 5 heteroatoms. The molecular weight excluding hydrogens is 371 g/mol. The summed E-state index contributed by atoms with van der Waals surface area (Å²) in [6.07, 6.45) is 4.59. The van der Waals surface area contributed by atoms with E-state index in [1.807, 2.05) is 0 Å². The number of carboxylic acids is 1. The minimum absolute atomic E-state index is 0.0422. The van der Waals surface area contributed by atoms with Crippen LogP contribution in [0.5, 0.6) is 0 Å². The summed E-state index contributed by atoms with van der Waals surface area (Å²) in [5.41, 5.74) is -0.0409. The van der Waals surface area contributed by atoms with Crippen molar-refractivity contribution in [2.75, 3.05) is 0 Å². The van der Waals surface area contributed by atoms with Crippen LogP contribution in [0.3, 0.4) is 0 Å². The van der Waals surface area contributed by atoms with Crippen molar-refractivity contribution in [3.05, 3.63) is 0 Å². The SMILES string of the molecule is C[C@H](CCC(=O)O)[C@H]1CC[C@H]2[C@@H]3[C@H](F)[C@H](O)[C@@H]4C[C@H](O)CC[C@]4(C)[C@H]3CC[C@]12C. The number of rotatable bonds is 4. The first-order valence-electron chi connectivity index (χ1n) is 11.8. The number of hydrogen-bond acceptors (Lipinski definition) is 3. The Kier molecular flexibility index (Phi) is 5.55. The first kappa shape index (κ1) is 21.5. The molecule has 0 aliphatic heterocycles. The molecule has 0 aromatic carbocycles. The van der Waals surface area contributed by atoms with Crippen molar-refractivity contribution in [3.8, 4) is 0 Å². The van der Waals surface area contributed by atoms with E-state index in [4.69, 9.17) is 5.11 Å². The summed E-state index contributed by atoms with van der Waals surface area (Å²) in [5.74, 6) is 0.346.